The summed E-state index contributed by atoms with van der Waals surface area (Å²) in [6, 6.07) is -0.731. The fourth-order valence-corrected chi connectivity index (χ4v) is 7.99. The summed E-state index contributed by atoms with van der Waals surface area (Å²) in [6.45, 7) is 6.32. The quantitative estimate of drug-likeness (QED) is 0.0245. The Morgan fingerprint density at radius 2 is 0.862 bits per heavy atom. The van der Waals surface area contributed by atoms with Gasteiger partial charge in [-0.2, -0.15) is 0 Å². The molecule has 0 aromatic heterocycles. The predicted octanol–water partition coefficient (Wildman–Crippen LogP) is 16.7. The van der Waals surface area contributed by atoms with E-state index in [9.17, 15) is 19.8 Å². The SMILES string of the molecule is CC\C=C/C=C/C=C/C=C\C=C\C=C\CCCC(CC(=O)NC(CO)C(O)CCCCCCCCCCCCCCCCCC)OC(=O)CCCCCCCCC/C=C\CCCCCC. The number of hydrogen-bond acceptors (Lipinski definition) is 5. The largest absolute Gasteiger partial charge is 0.462 e. The Balaban J connectivity index is 4.68. The van der Waals surface area contributed by atoms with Gasteiger partial charge in [0, 0.05) is 6.42 Å². The Bertz CT molecular complexity index is 1250. The standard InChI is InChI=1S/C59H103NO5/c1-4-7-10-13-16-19-22-25-28-31-33-36-39-42-45-48-51-57(62)56(54-61)60-58(63)53-55(50-47-44-41-38-35-32-29-26-23-20-17-14-11-8-5-2)65-59(64)52-49-46-43-40-37-34-30-27-24-21-18-15-12-9-6-3/h8,11,14,17,20-21,23-24,26,29,32,35,38,41,55-57,61-62H,4-7,9-10,12-13,15-16,18-19,22,25,27-28,30-31,33-34,36-37,39-40,42-54H2,1-3H3,(H,60,63)/b11-8-,17-14+,23-20+,24-21-,29-26-,35-32+,41-38+. The van der Waals surface area contributed by atoms with Crippen molar-refractivity contribution in [1.29, 1.82) is 0 Å². The number of allylic oxidation sites excluding steroid dienone is 14. The zero-order valence-electron chi connectivity index (χ0n) is 42.6. The van der Waals surface area contributed by atoms with Crippen molar-refractivity contribution in [3.8, 4) is 0 Å². The lowest BCUT2D eigenvalue weighted by molar-refractivity contribution is -0.151. The molecular formula is C59H103NO5. The number of carbonyl (C=O) groups is 2. The zero-order valence-corrected chi connectivity index (χ0v) is 42.6. The van der Waals surface area contributed by atoms with Crippen molar-refractivity contribution in [3.05, 3.63) is 85.1 Å². The summed E-state index contributed by atoms with van der Waals surface area (Å²) in [5.41, 5.74) is 0. The van der Waals surface area contributed by atoms with Crippen LogP contribution in [-0.4, -0.2) is 46.9 Å². The van der Waals surface area contributed by atoms with Gasteiger partial charge >= 0.3 is 5.97 Å². The van der Waals surface area contributed by atoms with Crippen LogP contribution in [0.3, 0.4) is 0 Å². The molecule has 0 rings (SSSR count). The Morgan fingerprint density at radius 3 is 1.34 bits per heavy atom. The second kappa shape index (κ2) is 52.0. The third-order valence-electron chi connectivity index (χ3n) is 12.1. The number of rotatable bonds is 48. The lowest BCUT2D eigenvalue weighted by Crippen LogP contribution is -2.46. The minimum atomic E-state index is -0.813. The number of aliphatic hydroxyl groups is 2. The molecular weight excluding hydrogens is 803 g/mol. The van der Waals surface area contributed by atoms with Crippen molar-refractivity contribution < 1.29 is 24.5 Å². The lowest BCUT2D eigenvalue weighted by atomic mass is 10.0. The van der Waals surface area contributed by atoms with Crippen LogP contribution in [0.1, 0.15) is 252 Å². The van der Waals surface area contributed by atoms with Crippen LogP contribution in [0, 0.1) is 0 Å². The summed E-state index contributed by atoms with van der Waals surface area (Å²) in [6.07, 6.45) is 67.9. The first-order valence-corrected chi connectivity index (χ1v) is 27.4. The van der Waals surface area contributed by atoms with Gasteiger partial charge in [-0.15, -0.1) is 0 Å². The molecule has 0 spiro atoms. The first-order chi connectivity index (χ1) is 32.0. The van der Waals surface area contributed by atoms with Gasteiger partial charge in [-0.25, -0.2) is 0 Å². The number of nitrogens with one attached hydrogen (secondary N) is 1. The van der Waals surface area contributed by atoms with Gasteiger partial charge in [0.05, 0.1) is 25.2 Å². The Hall–Kier alpha value is -2.96. The van der Waals surface area contributed by atoms with Crippen LogP contribution in [0.4, 0.5) is 0 Å². The number of esters is 1. The van der Waals surface area contributed by atoms with E-state index in [0.29, 0.717) is 19.3 Å². The van der Waals surface area contributed by atoms with E-state index in [0.717, 1.165) is 57.8 Å². The Kier molecular flexibility index (Phi) is 49.6. The van der Waals surface area contributed by atoms with Crippen molar-refractivity contribution in [2.45, 2.75) is 270 Å². The molecule has 3 N–H and O–H groups in total. The topological polar surface area (TPSA) is 95.9 Å². The van der Waals surface area contributed by atoms with Gasteiger partial charge in [-0.3, -0.25) is 9.59 Å². The number of ether oxygens (including phenoxy) is 1. The van der Waals surface area contributed by atoms with Gasteiger partial charge in [0.1, 0.15) is 6.10 Å². The van der Waals surface area contributed by atoms with E-state index in [1.165, 1.54) is 148 Å². The molecule has 1 amide bonds. The van der Waals surface area contributed by atoms with Crippen molar-refractivity contribution in [2.75, 3.05) is 6.61 Å². The first kappa shape index (κ1) is 62.0. The Morgan fingerprint density at radius 1 is 0.462 bits per heavy atom. The average Bonchev–Trinajstić information content (AvgIpc) is 3.30. The summed E-state index contributed by atoms with van der Waals surface area (Å²) in [5, 5.41) is 23.8. The fourth-order valence-electron chi connectivity index (χ4n) is 7.99. The number of hydrogen-bond donors (Lipinski definition) is 3. The van der Waals surface area contributed by atoms with E-state index in [1.54, 1.807) is 0 Å². The fraction of sp³-hybridized carbons (Fsp3) is 0.729. The molecule has 0 aromatic carbocycles. The van der Waals surface area contributed by atoms with Crippen LogP contribution in [0.15, 0.2) is 85.1 Å². The normalized spacial score (nSPS) is 13.9. The third-order valence-corrected chi connectivity index (χ3v) is 12.1. The van der Waals surface area contributed by atoms with E-state index >= 15 is 0 Å². The number of unbranched alkanes of at least 4 members (excludes halogenated alkanes) is 27. The van der Waals surface area contributed by atoms with Crippen LogP contribution in [0.2, 0.25) is 0 Å². The van der Waals surface area contributed by atoms with Crippen LogP contribution in [0.5, 0.6) is 0 Å². The molecule has 6 heteroatoms. The number of amides is 1. The van der Waals surface area contributed by atoms with Gasteiger partial charge in [0.25, 0.3) is 0 Å². The summed E-state index contributed by atoms with van der Waals surface area (Å²) >= 11 is 0. The van der Waals surface area contributed by atoms with Gasteiger partial charge in [-0.1, -0.05) is 260 Å². The van der Waals surface area contributed by atoms with E-state index < -0.39 is 18.2 Å². The zero-order chi connectivity index (χ0) is 47.4. The van der Waals surface area contributed by atoms with Crippen LogP contribution in [-0.2, 0) is 14.3 Å². The second-order valence-electron chi connectivity index (χ2n) is 18.4. The molecule has 0 aliphatic carbocycles. The van der Waals surface area contributed by atoms with E-state index in [-0.39, 0.29) is 24.9 Å². The Labute approximate surface area is 402 Å². The highest BCUT2D eigenvalue weighted by Gasteiger charge is 2.24. The summed E-state index contributed by atoms with van der Waals surface area (Å²) in [7, 11) is 0. The average molecular weight is 906 g/mol. The molecule has 0 bridgehead atoms. The molecule has 374 valence electrons. The van der Waals surface area contributed by atoms with Gasteiger partial charge in [-0.05, 0) is 64.2 Å². The number of carbonyl (C=O) groups excluding carboxylic acids is 2. The van der Waals surface area contributed by atoms with Gasteiger partial charge < -0.3 is 20.3 Å². The van der Waals surface area contributed by atoms with Crippen LogP contribution >= 0.6 is 0 Å². The number of aliphatic hydroxyl groups excluding tert-OH is 2. The third kappa shape index (κ3) is 47.3. The molecule has 0 radical (unpaired) electrons. The van der Waals surface area contributed by atoms with E-state index in [4.69, 9.17) is 4.74 Å². The van der Waals surface area contributed by atoms with Crippen molar-refractivity contribution >= 4 is 11.9 Å². The minimum Gasteiger partial charge on any atom is -0.462 e. The van der Waals surface area contributed by atoms with Crippen LogP contribution in [0.25, 0.3) is 0 Å². The highest BCUT2D eigenvalue weighted by Crippen LogP contribution is 2.17. The van der Waals surface area contributed by atoms with Crippen molar-refractivity contribution in [1.82, 2.24) is 5.32 Å². The lowest BCUT2D eigenvalue weighted by Gasteiger charge is -2.24. The van der Waals surface area contributed by atoms with Crippen LogP contribution < -0.4 is 5.32 Å². The maximum Gasteiger partial charge on any atom is 0.306 e. The molecule has 0 aliphatic heterocycles. The predicted molar refractivity (Wildman–Crippen MR) is 282 cm³/mol. The molecule has 0 heterocycles. The molecule has 0 saturated carbocycles. The molecule has 3 unspecified atom stereocenters. The van der Waals surface area contributed by atoms with E-state index in [2.05, 4.69) is 50.4 Å². The summed E-state index contributed by atoms with van der Waals surface area (Å²) < 4.78 is 5.91. The highest BCUT2D eigenvalue weighted by molar-refractivity contribution is 5.77. The highest BCUT2D eigenvalue weighted by atomic mass is 16.5. The van der Waals surface area contributed by atoms with Gasteiger partial charge in [0.15, 0.2) is 0 Å². The molecule has 0 aliphatic rings. The summed E-state index contributed by atoms with van der Waals surface area (Å²) in [4.78, 5) is 26.2. The van der Waals surface area contributed by atoms with Crippen molar-refractivity contribution in [3.63, 3.8) is 0 Å². The smallest absolute Gasteiger partial charge is 0.306 e. The van der Waals surface area contributed by atoms with Gasteiger partial charge in [0.2, 0.25) is 5.91 Å². The van der Waals surface area contributed by atoms with Crippen molar-refractivity contribution in [2.24, 2.45) is 0 Å². The van der Waals surface area contributed by atoms with E-state index in [1.807, 2.05) is 60.8 Å². The maximum absolute atomic E-state index is 13.2. The summed E-state index contributed by atoms with van der Waals surface area (Å²) in [5.74, 6) is -0.554. The monoisotopic (exact) mass is 906 g/mol. The molecule has 0 fully saturated rings. The first-order valence-electron chi connectivity index (χ1n) is 27.4. The molecule has 65 heavy (non-hydrogen) atoms. The molecule has 6 nitrogen and oxygen atoms in total. The molecule has 3 atom stereocenters. The molecule has 0 saturated heterocycles. The second-order valence-corrected chi connectivity index (χ2v) is 18.4. The molecule has 0 aromatic rings. The minimum absolute atomic E-state index is 0.0219. The maximum atomic E-state index is 13.2.